The number of anilines is 1. The van der Waals surface area contributed by atoms with E-state index in [1.807, 2.05) is 0 Å². The summed E-state index contributed by atoms with van der Waals surface area (Å²) < 4.78 is 51.6. The Morgan fingerprint density at radius 1 is 1.10 bits per heavy atom. The molecule has 3 rings (SSSR count). The van der Waals surface area contributed by atoms with Gasteiger partial charge >= 0.3 is 19.5 Å². The van der Waals surface area contributed by atoms with Gasteiger partial charge < -0.3 is 39.6 Å². The quantitative estimate of drug-likeness (QED) is 0.218. The summed E-state index contributed by atoms with van der Waals surface area (Å²) in [6.07, 6.45) is -4.18. The molecule has 4 atom stereocenters. The standard InChI is InChI=1S/C23H35FN5O10P/c1-22(2,20(31)32)5-7-37-40(35,38-8-6-23(3,4)21(33)34)12-36-9-13-14(24)16(30)19(39-13)29-11-28-15-17(25)26-10-27-18(15)29/h10-11,13-14,16,19,30H,5-9,12H2,1-4H3,(H,31,32)(H,33,34)(H2,25,26,27). The summed E-state index contributed by atoms with van der Waals surface area (Å²) in [5.41, 5.74) is 3.91. The molecule has 2 aromatic rings. The average molecular weight is 592 g/mol. The zero-order valence-corrected chi connectivity index (χ0v) is 23.5. The Hall–Kier alpha value is -2.75. The Balaban J connectivity index is 1.64. The third-order valence-electron chi connectivity index (χ3n) is 6.67. The zero-order valence-electron chi connectivity index (χ0n) is 22.6. The van der Waals surface area contributed by atoms with Crippen molar-refractivity contribution in [2.45, 2.75) is 65.1 Å². The maximum atomic E-state index is 15.0. The van der Waals surface area contributed by atoms with Gasteiger partial charge in [-0.1, -0.05) is 0 Å². The van der Waals surface area contributed by atoms with Crippen molar-refractivity contribution in [1.29, 1.82) is 0 Å². The van der Waals surface area contributed by atoms with E-state index in [9.17, 15) is 33.9 Å². The minimum absolute atomic E-state index is 0.00457. The number of carboxylic acids is 2. The number of nitrogen functional groups attached to an aromatic ring is 1. The number of halogens is 1. The van der Waals surface area contributed by atoms with E-state index in [1.54, 1.807) is 0 Å². The van der Waals surface area contributed by atoms with Gasteiger partial charge in [0.05, 0.1) is 37.0 Å². The molecule has 2 aromatic heterocycles. The number of hydrogen-bond donors (Lipinski definition) is 4. The first kappa shape index (κ1) is 31.8. The molecule has 15 nitrogen and oxygen atoms in total. The SMILES string of the molecule is CC(C)(CCOP(=O)(COCC1OC(n2cnc3c(N)ncnc32)C(O)C1F)OCCC(C)(C)C(=O)O)C(=O)O. The van der Waals surface area contributed by atoms with Crippen LogP contribution in [0.15, 0.2) is 12.7 Å². The van der Waals surface area contributed by atoms with E-state index >= 15 is 0 Å². The Bertz CT molecular complexity index is 1220. The molecule has 5 N–H and O–H groups in total. The van der Waals surface area contributed by atoms with Crippen LogP contribution in [0.1, 0.15) is 46.8 Å². The number of fused-ring (bicyclic) bond motifs is 1. The van der Waals surface area contributed by atoms with Crippen LogP contribution in [0.3, 0.4) is 0 Å². The van der Waals surface area contributed by atoms with Crippen molar-refractivity contribution in [3.05, 3.63) is 12.7 Å². The highest BCUT2D eigenvalue weighted by Gasteiger charge is 2.46. The summed E-state index contributed by atoms with van der Waals surface area (Å²) in [7, 11) is -4.04. The third-order valence-corrected chi connectivity index (χ3v) is 8.32. The van der Waals surface area contributed by atoms with Gasteiger partial charge in [0.15, 0.2) is 23.9 Å². The van der Waals surface area contributed by atoms with Gasteiger partial charge in [-0.3, -0.25) is 18.7 Å². The molecule has 3 heterocycles. The molecule has 4 unspecified atom stereocenters. The first-order chi connectivity index (χ1) is 18.6. The fraction of sp³-hybridized carbons (Fsp3) is 0.696. The van der Waals surface area contributed by atoms with E-state index in [2.05, 4.69) is 15.0 Å². The number of aliphatic hydroxyl groups is 1. The highest BCUT2D eigenvalue weighted by Crippen LogP contribution is 2.49. The number of aromatic nitrogens is 4. The van der Waals surface area contributed by atoms with Gasteiger partial charge in [-0.2, -0.15) is 0 Å². The van der Waals surface area contributed by atoms with Crippen molar-refractivity contribution in [2.75, 3.05) is 31.9 Å². The van der Waals surface area contributed by atoms with E-state index in [1.165, 1.54) is 44.9 Å². The predicted octanol–water partition coefficient (Wildman–Crippen LogP) is 2.21. The largest absolute Gasteiger partial charge is 0.481 e. The van der Waals surface area contributed by atoms with Gasteiger partial charge in [0.1, 0.15) is 30.4 Å². The van der Waals surface area contributed by atoms with Crippen LogP contribution >= 0.6 is 7.60 Å². The molecule has 0 radical (unpaired) electrons. The molecule has 1 fully saturated rings. The minimum Gasteiger partial charge on any atom is -0.481 e. The number of imidazole rings is 1. The van der Waals surface area contributed by atoms with Crippen LogP contribution in [-0.2, 0) is 32.7 Å². The number of aliphatic hydroxyl groups excluding tert-OH is 1. The Morgan fingerprint density at radius 3 is 2.23 bits per heavy atom. The average Bonchev–Trinajstić information content (AvgIpc) is 3.41. The van der Waals surface area contributed by atoms with Crippen molar-refractivity contribution in [3.8, 4) is 0 Å². The van der Waals surface area contributed by atoms with Crippen molar-refractivity contribution in [2.24, 2.45) is 10.8 Å². The number of alkyl halides is 1. The molecule has 0 aliphatic carbocycles. The fourth-order valence-electron chi connectivity index (χ4n) is 3.62. The summed E-state index contributed by atoms with van der Waals surface area (Å²) >= 11 is 0. The summed E-state index contributed by atoms with van der Waals surface area (Å²) in [6.45, 7) is 4.93. The predicted molar refractivity (Wildman–Crippen MR) is 137 cm³/mol. The van der Waals surface area contributed by atoms with Crippen LogP contribution in [0, 0.1) is 10.8 Å². The second-order valence-electron chi connectivity index (χ2n) is 10.7. The Labute approximate surface area is 229 Å². The summed E-state index contributed by atoms with van der Waals surface area (Å²) in [6, 6.07) is 0. The molecule has 0 bridgehead atoms. The molecule has 40 heavy (non-hydrogen) atoms. The lowest BCUT2D eigenvalue weighted by Crippen LogP contribution is -2.30. The molecule has 0 saturated carbocycles. The van der Waals surface area contributed by atoms with Crippen molar-refractivity contribution in [3.63, 3.8) is 0 Å². The highest BCUT2D eigenvalue weighted by atomic mass is 31.2. The van der Waals surface area contributed by atoms with Crippen molar-refractivity contribution in [1.82, 2.24) is 19.5 Å². The molecule has 0 spiro atoms. The molecule has 0 aromatic carbocycles. The number of rotatable bonds is 15. The smallest absolute Gasteiger partial charge is 0.356 e. The van der Waals surface area contributed by atoms with E-state index in [4.69, 9.17) is 24.3 Å². The molecule has 17 heteroatoms. The van der Waals surface area contributed by atoms with Crippen LogP contribution in [0.4, 0.5) is 10.2 Å². The van der Waals surface area contributed by atoms with Crippen LogP contribution < -0.4 is 5.73 Å². The lowest BCUT2D eigenvalue weighted by atomic mass is 9.90. The van der Waals surface area contributed by atoms with Gasteiger partial charge in [0.2, 0.25) is 0 Å². The Morgan fingerprint density at radius 2 is 1.68 bits per heavy atom. The number of aliphatic carboxylic acids is 2. The third kappa shape index (κ3) is 7.30. The maximum Gasteiger partial charge on any atom is 0.356 e. The minimum atomic E-state index is -4.04. The van der Waals surface area contributed by atoms with Gasteiger partial charge in [0, 0.05) is 0 Å². The van der Waals surface area contributed by atoms with E-state index < -0.39 is 67.9 Å². The van der Waals surface area contributed by atoms with Crippen LogP contribution in [0.5, 0.6) is 0 Å². The van der Waals surface area contributed by atoms with Crippen molar-refractivity contribution < 1.29 is 52.4 Å². The lowest BCUT2D eigenvalue weighted by Gasteiger charge is -2.24. The number of nitrogens with two attached hydrogens (primary N) is 1. The maximum absolute atomic E-state index is 15.0. The van der Waals surface area contributed by atoms with E-state index in [0.717, 1.165) is 0 Å². The molecule has 1 aliphatic rings. The molecule has 1 aliphatic heterocycles. The number of carboxylic acid groups (broad SMARTS) is 2. The topological polar surface area (TPSA) is 218 Å². The second kappa shape index (κ2) is 12.4. The zero-order chi connectivity index (χ0) is 29.9. The monoisotopic (exact) mass is 591 g/mol. The van der Waals surface area contributed by atoms with Gasteiger partial charge in [-0.25, -0.2) is 19.3 Å². The summed E-state index contributed by atoms with van der Waals surface area (Å²) in [4.78, 5) is 34.7. The molecule has 0 amide bonds. The molecule has 1 saturated heterocycles. The van der Waals surface area contributed by atoms with Crippen LogP contribution in [0.25, 0.3) is 11.2 Å². The molecular formula is C23H35FN5O10P. The van der Waals surface area contributed by atoms with Crippen LogP contribution in [-0.4, -0.2) is 91.3 Å². The number of nitrogens with zero attached hydrogens (tertiary/aromatic N) is 4. The summed E-state index contributed by atoms with van der Waals surface area (Å²) in [5, 5.41) is 29.1. The fourth-order valence-corrected chi connectivity index (χ4v) is 4.91. The van der Waals surface area contributed by atoms with Gasteiger partial charge in [0.25, 0.3) is 0 Å². The second-order valence-corrected chi connectivity index (χ2v) is 12.7. The van der Waals surface area contributed by atoms with Gasteiger partial charge in [-0.05, 0) is 40.5 Å². The molecule has 224 valence electrons. The van der Waals surface area contributed by atoms with E-state index in [0.29, 0.717) is 0 Å². The normalized spacial score (nSPS) is 22.1. The van der Waals surface area contributed by atoms with Gasteiger partial charge in [-0.15, -0.1) is 0 Å². The van der Waals surface area contributed by atoms with Crippen LogP contribution in [0.2, 0.25) is 0 Å². The Kier molecular flexibility index (Phi) is 9.86. The number of hydrogen-bond acceptors (Lipinski definition) is 12. The first-order valence-electron chi connectivity index (χ1n) is 12.4. The lowest BCUT2D eigenvalue weighted by molar-refractivity contribution is -0.148. The first-order valence-corrected chi connectivity index (χ1v) is 14.1. The van der Waals surface area contributed by atoms with E-state index in [-0.39, 0.29) is 43.0 Å². The number of carbonyl (C=O) groups is 2. The number of ether oxygens (including phenoxy) is 2. The highest BCUT2D eigenvalue weighted by molar-refractivity contribution is 7.53. The summed E-state index contributed by atoms with van der Waals surface area (Å²) in [5.74, 6) is -2.06. The van der Waals surface area contributed by atoms with Crippen molar-refractivity contribution >= 4 is 36.5 Å². The molecular weight excluding hydrogens is 556 g/mol.